The van der Waals surface area contributed by atoms with Crippen LogP contribution in [0.15, 0.2) is 69.6 Å². The highest BCUT2D eigenvalue weighted by Crippen LogP contribution is 2.34. The maximum absolute atomic E-state index is 13.4. The Kier molecular flexibility index (Phi) is 6.47. The number of aromatic nitrogens is 4. The third kappa shape index (κ3) is 4.57. The fourth-order valence-corrected chi connectivity index (χ4v) is 4.98. The van der Waals surface area contributed by atoms with Gasteiger partial charge in [-0.3, -0.25) is 19.0 Å². The molecule has 0 bridgehead atoms. The van der Waals surface area contributed by atoms with Crippen LogP contribution in [0.25, 0.3) is 5.78 Å². The molecule has 1 aliphatic rings. The number of H-pyrrole nitrogens is 1. The molecule has 11 heteroatoms. The lowest BCUT2D eigenvalue weighted by Crippen LogP contribution is -2.28. The maximum Gasteiger partial charge on any atom is 0.253 e. The summed E-state index contributed by atoms with van der Waals surface area (Å²) in [5, 5.41) is 15.0. The smallest absolute Gasteiger partial charge is 0.253 e. The van der Waals surface area contributed by atoms with Gasteiger partial charge in [0.15, 0.2) is 5.16 Å². The van der Waals surface area contributed by atoms with E-state index in [4.69, 9.17) is 14.6 Å². The molecule has 1 atom stereocenters. The maximum atomic E-state index is 13.4. The number of carbonyl (C=O) groups excluding carboxylic acids is 1. The fourth-order valence-electron chi connectivity index (χ4n) is 4.14. The second-order valence-electron chi connectivity index (χ2n) is 8.21. The molecule has 1 amide bonds. The van der Waals surface area contributed by atoms with Crippen LogP contribution in [0.5, 0.6) is 11.5 Å². The first-order valence-electron chi connectivity index (χ1n) is 11.2. The van der Waals surface area contributed by atoms with E-state index in [1.54, 1.807) is 30.6 Å². The van der Waals surface area contributed by atoms with E-state index in [9.17, 15) is 9.59 Å². The van der Waals surface area contributed by atoms with Gasteiger partial charge in [-0.25, -0.2) is 5.01 Å². The molecule has 1 unspecified atom stereocenters. The minimum absolute atomic E-state index is 0.103. The summed E-state index contributed by atoms with van der Waals surface area (Å²) in [5.74, 6) is 1.78. The molecular formula is C25H24N6O4S. The minimum atomic E-state index is -0.255. The Morgan fingerprint density at radius 3 is 2.39 bits per heavy atom. The van der Waals surface area contributed by atoms with Crippen molar-refractivity contribution in [3.63, 3.8) is 0 Å². The number of amides is 1. The van der Waals surface area contributed by atoms with Crippen molar-refractivity contribution < 1.29 is 14.3 Å². The first-order valence-corrected chi connectivity index (χ1v) is 12.2. The van der Waals surface area contributed by atoms with Gasteiger partial charge in [0.2, 0.25) is 5.78 Å². The number of thioether (sulfide) groups is 1. The Labute approximate surface area is 211 Å². The van der Waals surface area contributed by atoms with Gasteiger partial charge in [-0.1, -0.05) is 23.9 Å². The van der Waals surface area contributed by atoms with Crippen LogP contribution in [0, 0.1) is 6.92 Å². The summed E-state index contributed by atoms with van der Waals surface area (Å²) in [4.78, 5) is 27.8. The standard InChI is InChI=1S/C25H24N6O4S/c1-15-12-22(32)26-24-27-28-25(30(15)24)36-14-23(33)31-21(17-6-10-19(35-3)11-7-17)13-20(29-31)16-4-8-18(34-2)9-5-16/h4-12,21H,13-14H2,1-3H3,(H,26,27,32). The second-order valence-corrected chi connectivity index (χ2v) is 9.15. The zero-order chi connectivity index (χ0) is 25.2. The Balaban J connectivity index is 1.41. The van der Waals surface area contributed by atoms with Crippen LogP contribution in [-0.4, -0.2) is 56.2 Å². The van der Waals surface area contributed by atoms with Crippen molar-refractivity contribution in [1.29, 1.82) is 0 Å². The lowest BCUT2D eigenvalue weighted by molar-refractivity contribution is -0.130. The van der Waals surface area contributed by atoms with Gasteiger partial charge >= 0.3 is 0 Å². The number of nitrogens with zero attached hydrogens (tertiary/aromatic N) is 5. The second kappa shape index (κ2) is 9.86. The van der Waals surface area contributed by atoms with Crippen molar-refractivity contribution >= 4 is 29.2 Å². The monoisotopic (exact) mass is 504 g/mol. The molecule has 36 heavy (non-hydrogen) atoms. The molecule has 0 radical (unpaired) electrons. The quantitative estimate of drug-likeness (QED) is 0.385. The number of fused-ring (bicyclic) bond motifs is 1. The van der Waals surface area contributed by atoms with Gasteiger partial charge in [-0.15, -0.1) is 10.2 Å². The van der Waals surface area contributed by atoms with Crippen molar-refractivity contribution in [2.45, 2.75) is 24.5 Å². The van der Waals surface area contributed by atoms with Gasteiger partial charge in [-0.05, 0) is 54.4 Å². The van der Waals surface area contributed by atoms with Gasteiger partial charge in [-0.2, -0.15) is 5.10 Å². The van der Waals surface area contributed by atoms with Crippen LogP contribution in [0.1, 0.15) is 29.3 Å². The first kappa shape index (κ1) is 23.6. The van der Waals surface area contributed by atoms with E-state index in [0.717, 1.165) is 28.3 Å². The third-order valence-electron chi connectivity index (χ3n) is 5.98. The summed E-state index contributed by atoms with van der Waals surface area (Å²) >= 11 is 1.25. The molecule has 1 aliphatic heterocycles. The van der Waals surface area contributed by atoms with E-state index in [1.165, 1.54) is 17.8 Å². The summed E-state index contributed by atoms with van der Waals surface area (Å²) in [6.45, 7) is 1.79. The van der Waals surface area contributed by atoms with Crippen molar-refractivity contribution in [3.05, 3.63) is 81.8 Å². The lowest BCUT2D eigenvalue weighted by Gasteiger charge is -2.22. The molecule has 5 rings (SSSR count). The molecule has 0 fully saturated rings. The molecule has 0 saturated heterocycles. The highest BCUT2D eigenvalue weighted by molar-refractivity contribution is 7.99. The number of carbonyl (C=O) groups is 1. The summed E-state index contributed by atoms with van der Waals surface area (Å²) in [6, 6.07) is 16.5. The molecule has 184 valence electrons. The van der Waals surface area contributed by atoms with Crippen LogP contribution in [0.3, 0.4) is 0 Å². The van der Waals surface area contributed by atoms with Gasteiger partial charge in [0.05, 0.1) is 31.7 Å². The van der Waals surface area contributed by atoms with Gasteiger partial charge < -0.3 is 9.47 Å². The van der Waals surface area contributed by atoms with Crippen LogP contribution in [-0.2, 0) is 4.79 Å². The van der Waals surface area contributed by atoms with Crippen molar-refractivity contribution in [2.24, 2.45) is 5.10 Å². The Morgan fingerprint density at radius 2 is 1.72 bits per heavy atom. The largest absolute Gasteiger partial charge is 0.497 e. The van der Waals surface area contributed by atoms with Gasteiger partial charge in [0, 0.05) is 18.2 Å². The molecule has 2 aromatic carbocycles. The molecule has 0 saturated carbocycles. The Morgan fingerprint density at radius 1 is 1.06 bits per heavy atom. The summed E-state index contributed by atoms with van der Waals surface area (Å²) < 4.78 is 12.3. The number of aryl methyl sites for hydroxylation is 1. The van der Waals surface area contributed by atoms with Crippen LogP contribution in [0.4, 0.5) is 0 Å². The van der Waals surface area contributed by atoms with Crippen LogP contribution in [0.2, 0.25) is 0 Å². The molecule has 4 aromatic rings. The SMILES string of the molecule is COc1ccc(C2=NN(C(=O)CSc3nnc4[nH]c(=O)cc(C)n34)C(c3ccc(OC)cc3)C2)cc1. The van der Waals surface area contributed by atoms with E-state index in [0.29, 0.717) is 23.0 Å². The first-order chi connectivity index (χ1) is 17.5. The predicted octanol–water partition coefficient (Wildman–Crippen LogP) is 3.21. The topological polar surface area (TPSA) is 114 Å². The number of ether oxygens (including phenoxy) is 2. The van der Waals surface area contributed by atoms with E-state index < -0.39 is 0 Å². The highest BCUT2D eigenvalue weighted by atomic mass is 32.2. The van der Waals surface area contributed by atoms with Gasteiger partial charge in [0.25, 0.3) is 11.5 Å². The zero-order valence-corrected chi connectivity index (χ0v) is 20.8. The van der Waals surface area contributed by atoms with Gasteiger partial charge in [0.1, 0.15) is 11.5 Å². The number of hydrogen-bond donors (Lipinski definition) is 1. The average molecular weight is 505 g/mol. The number of hydrazone groups is 1. The van der Waals surface area contributed by atoms with Crippen molar-refractivity contribution in [3.8, 4) is 11.5 Å². The summed E-state index contributed by atoms with van der Waals surface area (Å²) in [7, 11) is 3.24. The molecule has 1 N–H and O–H groups in total. The molecular weight excluding hydrogens is 480 g/mol. The highest BCUT2D eigenvalue weighted by Gasteiger charge is 2.33. The molecule has 10 nitrogen and oxygen atoms in total. The number of hydrogen-bond acceptors (Lipinski definition) is 8. The van der Waals surface area contributed by atoms with E-state index in [2.05, 4.69) is 15.2 Å². The lowest BCUT2D eigenvalue weighted by atomic mass is 9.98. The predicted molar refractivity (Wildman–Crippen MR) is 136 cm³/mol. The molecule has 0 spiro atoms. The number of rotatable bonds is 7. The minimum Gasteiger partial charge on any atom is -0.497 e. The van der Waals surface area contributed by atoms with Crippen LogP contribution < -0.4 is 15.0 Å². The van der Waals surface area contributed by atoms with E-state index in [1.807, 2.05) is 48.5 Å². The number of nitrogens with one attached hydrogen (secondary N) is 1. The van der Waals surface area contributed by atoms with E-state index in [-0.39, 0.29) is 23.3 Å². The summed E-state index contributed by atoms with van der Waals surface area (Å²) in [5.41, 5.74) is 3.15. The Hall–Kier alpha value is -4.12. The molecule has 3 heterocycles. The van der Waals surface area contributed by atoms with E-state index >= 15 is 0 Å². The zero-order valence-electron chi connectivity index (χ0n) is 20.0. The van der Waals surface area contributed by atoms with Crippen molar-refractivity contribution in [1.82, 2.24) is 24.6 Å². The fraction of sp³-hybridized carbons (Fsp3) is 0.240. The Bertz CT molecular complexity index is 1490. The normalized spacial score (nSPS) is 15.2. The average Bonchev–Trinajstić information content (AvgIpc) is 3.52. The van der Waals surface area contributed by atoms with Crippen molar-refractivity contribution in [2.75, 3.05) is 20.0 Å². The molecule has 0 aliphatic carbocycles. The van der Waals surface area contributed by atoms with Crippen LogP contribution >= 0.6 is 11.8 Å². The number of aromatic amines is 1. The third-order valence-corrected chi connectivity index (χ3v) is 6.89. The summed E-state index contributed by atoms with van der Waals surface area (Å²) in [6.07, 6.45) is 0.573. The number of benzene rings is 2. The molecule has 2 aromatic heterocycles. The number of methoxy groups -OCH3 is 2.